The molecule has 12 rings (SSSR count). The van der Waals surface area contributed by atoms with Gasteiger partial charge < -0.3 is 14.5 Å². The number of hydrogen-bond donors (Lipinski definition) is 0. The Kier molecular flexibility index (Phi) is 10.9. The summed E-state index contributed by atoms with van der Waals surface area (Å²) >= 11 is 0. The fraction of sp³-hybridized carbons (Fsp3) is 0.0909. The van der Waals surface area contributed by atoms with Crippen LogP contribution in [0.5, 0.6) is 11.5 Å². The van der Waals surface area contributed by atoms with Crippen LogP contribution in [0.1, 0.15) is 0 Å². The minimum Gasteiger partial charge on any atom is -0.456 e. The third kappa shape index (κ3) is 8.31. The van der Waals surface area contributed by atoms with Crippen LogP contribution in [0.4, 0.5) is 34.1 Å². The molecule has 0 saturated heterocycles. The van der Waals surface area contributed by atoms with E-state index in [1.165, 1.54) is 54.0 Å². The molecule has 0 aromatic heterocycles. The molecule has 1 heterocycles. The quantitative estimate of drug-likeness (QED) is 0.127. The first-order chi connectivity index (χ1) is 34.4. The summed E-state index contributed by atoms with van der Waals surface area (Å²) < 4.78 is 6.83. The largest absolute Gasteiger partial charge is 0.456 e. The molecule has 1 aliphatic heterocycles. The summed E-state index contributed by atoms with van der Waals surface area (Å²) in [6.07, 6.45) is 0. The Bertz CT molecular complexity index is 3800. The highest BCUT2D eigenvalue weighted by atomic mass is 28.3. The summed E-state index contributed by atoms with van der Waals surface area (Å²) in [5.41, 5.74) is 13.8. The Hall–Kier alpha value is -7.97. The minimum absolute atomic E-state index is 0.874. The Morgan fingerprint density at radius 3 is 1.41 bits per heavy atom. The van der Waals surface area contributed by atoms with Gasteiger partial charge in [-0.15, -0.1) is 0 Å². The Morgan fingerprint density at radius 2 is 0.761 bits per heavy atom. The van der Waals surface area contributed by atoms with Gasteiger partial charge in [-0.25, -0.2) is 0 Å². The van der Waals surface area contributed by atoms with Crippen LogP contribution < -0.4 is 24.9 Å². The molecule has 5 heteroatoms. The average Bonchev–Trinajstić information content (AvgIpc) is 3.39. The molecule has 0 spiro atoms. The van der Waals surface area contributed by atoms with Gasteiger partial charge in [0.15, 0.2) is 0 Å². The average molecular weight is 949 g/mol. The Morgan fingerprint density at radius 1 is 0.296 bits per heavy atom. The third-order valence-corrected chi connectivity index (χ3v) is 18.5. The zero-order chi connectivity index (χ0) is 48.4. The van der Waals surface area contributed by atoms with Crippen molar-refractivity contribution in [1.82, 2.24) is 0 Å². The van der Waals surface area contributed by atoms with Crippen molar-refractivity contribution < 1.29 is 4.74 Å². The summed E-state index contributed by atoms with van der Waals surface area (Å²) in [6.45, 7) is 14.4. The van der Waals surface area contributed by atoms with Gasteiger partial charge in [0.2, 0.25) is 0 Å². The molecule has 3 nitrogen and oxygen atoms in total. The lowest BCUT2D eigenvalue weighted by atomic mass is 9.88. The molecular formula is C66H56N2OSi2. The molecule has 0 saturated carbocycles. The van der Waals surface area contributed by atoms with Crippen molar-refractivity contribution in [3.05, 3.63) is 231 Å². The van der Waals surface area contributed by atoms with Gasteiger partial charge in [-0.05, 0) is 152 Å². The zero-order valence-electron chi connectivity index (χ0n) is 41.2. The van der Waals surface area contributed by atoms with Crippen LogP contribution in [0, 0.1) is 0 Å². The first kappa shape index (κ1) is 44.3. The van der Waals surface area contributed by atoms with E-state index < -0.39 is 16.1 Å². The van der Waals surface area contributed by atoms with Gasteiger partial charge in [-0.1, -0.05) is 183 Å². The van der Waals surface area contributed by atoms with E-state index in [1.807, 2.05) is 0 Å². The van der Waals surface area contributed by atoms with E-state index >= 15 is 0 Å². The Balaban J connectivity index is 0.851. The van der Waals surface area contributed by atoms with Crippen molar-refractivity contribution in [2.24, 2.45) is 0 Å². The molecule has 1 aliphatic rings. The van der Waals surface area contributed by atoms with Gasteiger partial charge >= 0.3 is 0 Å². The predicted molar refractivity (Wildman–Crippen MR) is 311 cm³/mol. The van der Waals surface area contributed by atoms with Gasteiger partial charge in [0.25, 0.3) is 0 Å². The first-order valence-corrected chi connectivity index (χ1v) is 31.8. The van der Waals surface area contributed by atoms with E-state index in [-0.39, 0.29) is 0 Å². The number of anilines is 6. The molecule has 11 aromatic carbocycles. The van der Waals surface area contributed by atoms with Gasteiger partial charge in [-0.3, -0.25) is 0 Å². The smallest absolute Gasteiger partial charge is 0.135 e. The fourth-order valence-corrected chi connectivity index (χ4v) is 12.7. The summed E-state index contributed by atoms with van der Waals surface area (Å²) in [5, 5.41) is 10.1. The van der Waals surface area contributed by atoms with Gasteiger partial charge in [0.05, 0.1) is 16.1 Å². The van der Waals surface area contributed by atoms with Crippen molar-refractivity contribution in [2.75, 3.05) is 9.80 Å². The lowest BCUT2D eigenvalue weighted by Gasteiger charge is -2.27. The maximum Gasteiger partial charge on any atom is 0.135 e. The third-order valence-electron chi connectivity index (χ3n) is 14.3. The van der Waals surface area contributed by atoms with Crippen molar-refractivity contribution >= 4 is 93.0 Å². The van der Waals surface area contributed by atoms with Crippen LogP contribution in [0.3, 0.4) is 0 Å². The number of para-hydroxylation sites is 1. The molecule has 0 amide bonds. The van der Waals surface area contributed by atoms with Crippen molar-refractivity contribution in [3.8, 4) is 44.9 Å². The second-order valence-corrected chi connectivity index (χ2v) is 31.2. The predicted octanol–water partition coefficient (Wildman–Crippen LogP) is 18.3. The zero-order valence-corrected chi connectivity index (χ0v) is 43.2. The molecule has 71 heavy (non-hydrogen) atoms. The summed E-state index contributed by atoms with van der Waals surface area (Å²) in [7, 11) is -2.88. The second kappa shape index (κ2) is 17.5. The lowest BCUT2D eigenvalue weighted by Crippen LogP contribution is -2.37. The highest BCUT2D eigenvalue weighted by molar-refractivity contribution is 6.89. The molecule has 0 aliphatic carbocycles. The first-order valence-electron chi connectivity index (χ1n) is 24.8. The highest BCUT2D eigenvalue weighted by Crippen LogP contribution is 2.50. The van der Waals surface area contributed by atoms with Crippen LogP contribution in [0.25, 0.3) is 65.7 Å². The van der Waals surface area contributed by atoms with E-state index in [9.17, 15) is 0 Å². The van der Waals surface area contributed by atoms with Gasteiger partial charge in [0, 0.05) is 45.1 Å². The molecule has 0 atom stereocenters. The summed E-state index contributed by atoms with van der Waals surface area (Å²) in [4.78, 5) is 4.73. The van der Waals surface area contributed by atoms with Crippen LogP contribution in [-0.4, -0.2) is 16.1 Å². The fourth-order valence-electron chi connectivity index (χ4n) is 10.4. The maximum atomic E-state index is 6.83. The van der Waals surface area contributed by atoms with Crippen LogP contribution in [0.15, 0.2) is 231 Å². The lowest BCUT2D eigenvalue weighted by molar-refractivity contribution is 0.487. The molecule has 0 unspecified atom stereocenters. The molecular weight excluding hydrogens is 893 g/mol. The molecule has 0 radical (unpaired) electrons. The monoisotopic (exact) mass is 948 g/mol. The van der Waals surface area contributed by atoms with Crippen LogP contribution in [0.2, 0.25) is 39.3 Å². The molecule has 11 aromatic rings. The number of benzene rings is 11. The SMILES string of the molecule is C[Si](C)(C)c1ccc(N(c2ccccc2)c2ccc(-c3ccc4c(c3)Oc3cccc5c(-c6ccc7cc(N(c8ccc([Si](C)(C)C)cc8)c8ccc9ccccc9c8)ccc7c6)ccc-4c35)cc2)cc1. The van der Waals surface area contributed by atoms with Crippen molar-refractivity contribution in [3.63, 3.8) is 0 Å². The molecule has 0 N–H and O–H groups in total. The van der Waals surface area contributed by atoms with E-state index in [0.29, 0.717) is 0 Å². The summed E-state index contributed by atoms with van der Waals surface area (Å²) in [6, 6.07) is 84.8. The second-order valence-electron chi connectivity index (χ2n) is 21.1. The van der Waals surface area contributed by atoms with E-state index in [2.05, 4.69) is 280 Å². The van der Waals surface area contributed by atoms with Crippen molar-refractivity contribution in [2.45, 2.75) is 39.3 Å². The maximum absolute atomic E-state index is 6.83. The van der Waals surface area contributed by atoms with E-state index in [4.69, 9.17) is 4.74 Å². The van der Waals surface area contributed by atoms with Gasteiger partial charge in [-0.2, -0.15) is 0 Å². The van der Waals surface area contributed by atoms with Gasteiger partial charge in [0.1, 0.15) is 11.5 Å². The van der Waals surface area contributed by atoms with Crippen LogP contribution >= 0.6 is 0 Å². The summed E-state index contributed by atoms with van der Waals surface area (Å²) in [5.74, 6) is 1.76. The van der Waals surface area contributed by atoms with Crippen LogP contribution in [-0.2, 0) is 0 Å². The Labute approximate surface area is 419 Å². The van der Waals surface area contributed by atoms with Crippen molar-refractivity contribution in [1.29, 1.82) is 0 Å². The number of fused-ring (bicyclic) bond motifs is 4. The van der Waals surface area contributed by atoms with E-state index in [0.717, 1.165) is 67.7 Å². The number of hydrogen-bond acceptors (Lipinski definition) is 3. The number of rotatable bonds is 10. The molecule has 344 valence electrons. The molecule has 0 fully saturated rings. The minimum atomic E-state index is -1.46. The topological polar surface area (TPSA) is 15.7 Å². The highest BCUT2D eigenvalue weighted by Gasteiger charge is 2.24. The number of ether oxygens (including phenoxy) is 1. The molecule has 0 bridgehead atoms. The normalized spacial score (nSPS) is 12.2. The standard InChI is InChI=1S/C66H56N2OSi2/c1-70(2,3)58-34-30-54(31-35-58)67(52-15-8-7-9-16-52)53-26-21-46(22-27-53)50-25-38-61-63-40-39-60(62-17-12-18-64(66(62)63)69-65(61)44-50)51-20-19-49-43-57(29-24-48(49)41-51)68(55-32-36-59(37-33-55)71(4,5)6)56-28-23-45-13-10-11-14-47(45)42-56/h7-44H,1-6H3. The number of nitrogens with zero attached hydrogens (tertiary/aromatic N) is 2. The van der Waals surface area contributed by atoms with E-state index in [1.54, 1.807) is 0 Å².